The van der Waals surface area contributed by atoms with Gasteiger partial charge in [0.25, 0.3) is 5.71 Å². The lowest BCUT2D eigenvalue weighted by atomic mass is 10.1. The second-order valence-electron chi connectivity index (χ2n) is 5.50. The molecule has 0 aliphatic carbocycles. The lowest BCUT2D eigenvalue weighted by Crippen LogP contribution is -2.27. The predicted molar refractivity (Wildman–Crippen MR) is 88.3 cm³/mol. The molecule has 0 fully saturated rings. The van der Waals surface area contributed by atoms with E-state index in [0.29, 0.717) is 5.71 Å². The maximum Gasteiger partial charge on any atom is 0.263 e. The molecule has 0 bridgehead atoms. The number of nitrogens with zero attached hydrogens (tertiary/aromatic N) is 4. The molecule has 0 spiro atoms. The lowest BCUT2D eigenvalue weighted by molar-refractivity contribution is 0.315. The molecule has 116 valence electrons. The minimum Gasteiger partial charge on any atom is -0.367 e. The summed E-state index contributed by atoms with van der Waals surface area (Å²) < 4.78 is 5.19. The third-order valence-corrected chi connectivity index (χ3v) is 4.85. The normalized spacial score (nSPS) is 13.0. The van der Waals surface area contributed by atoms with E-state index < -0.39 is 0 Å². The van der Waals surface area contributed by atoms with Crippen LogP contribution in [0, 0.1) is 13.8 Å². The Morgan fingerprint density at radius 3 is 2.82 bits per heavy atom. The molecular weight excluding hydrogens is 298 g/mol. The fourth-order valence-electron chi connectivity index (χ4n) is 2.49. The molecule has 0 unspecified atom stereocenters. The molecule has 1 N–H and O–H groups in total. The number of anilines is 1. The summed E-state index contributed by atoms with van der Waals surface area (Å²) in [5, 5.41) is 10.4. The summed E-state index contributed by atoms with van der Waals surface area (Å²) in [5.74, 6) is 0.768. The number of thiophene rings is 1. The van der Waals surface area contributed by atoms with E-state index in [-0.39, 0.29) is 6.04 Å². The fraction of sp³-hybridized carbons (Fsp3) is 0.400. The molecule has 22 heavy (non-hydrogen) atoms. The molecule has 0 amide bonds. The first kappa shape index (κ1) is 14.9. The molecule has 3 heterocycles. The zero-order valence-electron chi connectivity index (χ0n) is 13.1. The molecule has 3 aromatic rings. The highest BCUT2D eigenvalue weighted by molar-refractivity contribution is 7.10. The molecule has 0 aliphatic heterocycles. The van der Waals surface area contributed by atoms with E-state index in [4.69, 9.17) is 4.52 Å². The monoisotopic (exact) mass is 317 g/mol. The van der Waals surface area contributed by atoms with Crippen molar-refractivity contribution in [2.45, 2.75) is 19.9 Å². The summed E-state index contributed by atoms with van der Waals surface area (Å²) >= 11 is 1.78. The summed E-state index contributed by atoms with van der Waals surface area (Å²) in [6, 6.07) is 2.44. The number of aryl methyl sites for hydroxylation is 2. The number of hydrogen-bond donors (Lipinski definition) is 1. The summed E-state index contributed by atoms with van der Waals surface area (Å²) in [7, 11) is 4.18. The summed E-state index contributed by atoms with van der Waals surface area (Å²) in [5.41, 5.74) is 2.63. The number of nitrogens with one attached hydrogen (secondary N) is 1. The van der Waals surface area contributed by atoms with Crippen LogP contribution < -0.4 is 5.32 Å². The van der Waals surface area contributed by atoms with Crippen LogP contribution in [0.5, 0.6) is 0 Å². The summed E-state index contributed by atoms with van der Waals surface area (Å²) in [4.78, 5) is 12.0. The van der Waals surface area contributed by atoms with Crippen molar-refractivity contribution >= 4 is 28.3 Å². The molecule has 0 aromatic carbocycles. The van der Waals surface area contributed by atoms with Crippen molar-refractivity contribution in [2.24, 2.45) is 0 Å². The molecular formula is C15H19N5OS. The van der Waals surface area contributed by atoms with E-state index in [1.165, 1.54) is 16.8 Å². The Kier molecular flexibility index (Phi) is 4.08. The van der Waals surface area contributed by atoms with Crippen LogP contribution in [0.1, 0.15) is 22.2 Å². The van der Waals surface area contributed by atoms with Crippen LogP contribution >= 0.6 is 11.3 Å². The average Bonchev–Trinajstić information content (AvgIpc) is 3.07. The largest absolute Gasteiger partial charge is 0.367 e. The molecule has 0 radical (unpaired) electrons. The topological polar surface area (TPSA) is 67.1 Å². The van der Waals surface area contributed by atoms with Crippen LogP contribution in [0.3, 0.4) is 0 Å². The van der Waals surface area contributed by atoms with Gasteiger partial charge in [-0.1, -0.05) is 5.16 Å². The number of likely N-dealkylation sites (N-methyl/N-ethyl adjacent to an activating group) is 1. The van der Waals surface area contributed by atoms with Gasteiger partial charge in [-0.3, -0.25) is 0 Å². The van der Waals surface area contributed by atoms with E-state index in [0.717, 1.165) is 23.4 Å². The van der Waals surface area contributed by atoms with E-state index in [2.05, 4.69) is 57.8 Å². The molecule has 7 heteroatoms. The highest BCUT2D eigenvalue weighted by Gasteiger charge is 2.19. The highest BCUT2D eigenvalue weighted by atomic mass is 32.1. The second-order valence-corrected chi connectivity index (χ2v) is 6.45. The van der Waals surface area contributed by atoms with Crippen molar-refractivity contribution < 1.29 is 4.52 Å². The number of rotatable bonds is 5. The van der Waals surface area contributed by atoms with Gasteiger partial charge in [0.05, 0.1) is 11.7 Å². The van der Waals surface area contributed by atoms with Gasteiger partial charge in [-0.05, 0) is 45.0 Å². The van der Waals surface area contributed by atoms with Gasteiger partial charge in [-0.25, -0.2) is 4.98 Å². The van der Waals surface area contributed by atoms with Gasteiger partial charge >= 0.3 is 0 Å². The van der Waals surface area contributed by atoms with E-state index in [9.17, 15) is 0 Å². The Morgan fingerprint density at radius 2 is 2.14 bits per heavy atom. The van der Waals surface area contributed by atoms with Crippen LogP contribution in [0.25, 0.3) is 11.1 Å². The lowest BCUT2D eigenvalue weighted by Gasteiger charge is -2.24. The molecule has 0 aliphatic rings. The van der Waals surface area contributed by atoms with Gasteiger partial charge < -0.3 is 14.7 Å². The van der Waals surface area contributed by atoms with Crippen molar-refractivity contribution in [3.63, 3.8) is 0 Å². The molecule has 3 rings (SSSR count). The van der Waals surface area contributed by atoms with Gasteiger partial charge in [0.1, 0.15) is 17.5 Å². The molecule has 0 saturated carbocycles. The van der Waals surface area contributed by atoms with Gasteiger partial charge in [-0.15, -0.1) is 11.3 Å². The Morgan fingerprint density at radius 1 is 1.32 bits per heavy atom. The van der Waals surface area contributed by atoms with Gasteiger partial charge in [-0.2, -0.15) is 4.98 Å². The van der Waals surface area contributed by atoms with Crippen LogP contribution in [0.2, 0.25) is 0 Å². The number of aromatic nitrogens is 3. The Hall–Kier alpha value is -1.99. The van der Waals surface area contributed by atoms with Gasteiger partial charge in [0.2, 0.25) is 0 Å². The minimum atomic E-state index is 0.283. The zero-order chi connectivity index (χ0) is 15.7. The van der Waals surface area contributed by atoms with E-state index in [1.807, 2.05) is 6.92 Å². The van der Waals surface area contributed by atoms with Gasteiger partial charge in [0, 0.05) is 11.4 Å². The van der Waals surface area contributed by atoms with Crippen molar-refractivity contribution in [2.75, 3.05) is 26.0 Å². The van der Waals surface area contributed by atoms with E-state index >= 15 is 0 Å². The van der Waals surface area contributed by atoms with Crippen molar-refractivity contribution in [1.29, 1.82) is 0 Å². The first-order valence-electron chi connectivity index (χ1n) is 7.09. The van der Waals surface area contributed by atoms with Gasteiger partial charge in [0.15, 0.2) is 0 Å². The highest BCUT2D eigenvalue weighted by Crippen LogP contribution is 2.29. The maximum absolute atomic E-state index is 5.19. The molecule has 6 nitrogen and oxygen atoms in total. The first-order chi connectivity index (χ1) is 10.6. The van der Waals surface area contributed by atoms with Crippen LogP contribution in [0.15, 0.2) is 22.3 Å². The second kappa shape index (κ2) is 6.02. The van der Waals surface area contributed by atoms with E-state index in [1.54, 1.807) is 11.3 Å². The minimum absolute atomic E-state index is 0.283. The van der Waals surface area contributed by atoms with Crippen molar-refractivity contribution in [1.82, 2.24) is 20.0 Å². The standard InChI is InChI=1S/C15H19N5OS/c1-9-5-6-22-13(9)11(20(3)4)7-16-14-12-10(2)19-21-15(12)18-8-17-14/h5-6,8,11H,7H2,1-4H3,(H,16,17,18)/t11-/m1/s1. The third kappa shape index (κ3) is 2.69. The molecule has 3 aromatic heterocycles. The fourth-order valence-corrected chi connectivity index (χ4v) is 3.61. The van der Waals surface area contributed by atoms with Crippen LogP contribution in [-0.2, 0) is 0 Å². The molecule has 0 saturated heterocycles. The molecule has 1 atom stereocenters. The maximum atomic E-state index is 5.19. The predicted octanol–water partition coefficient (Wildman–Crippen LogP) is 3.01. The Bertz CT molecular complexity index is 779. The van der Waals surface area contributed by atoms with Crippen molar-refractivity contribution in [3.8, 4) is 0 Å². The SMILES string of the molecule is Cc1ccsc1[C@@H](CNc1ncnc2onc(C)c12)N(C)C. The van der Waals surface area contributed by atoms with Crippen LogP contribution in [-0.4, -0.2) is 40.7 Å². The third-order valence-electron chi connectivity index (χ3n) is 3.73. The summed E-state index contributed by atoms with van der Waals surface area (Å²) in [6.07, 6.45) is 1.50. The average molecular weight is 317 g/mol. The number of hydrogen-bond acceptors (Lipinski definition) is 7. The quantitative estimate of drug-likeness (QED) is 0.780. The van der Waals surface area contributed by atoms with Crippen molar-refractivity contribution in [3.05, 3.63) is 33.9 Å². The summed E-state index contributed by atoms with van der Waals surface area (Å²) in [6.45, 7) is 4.80. The smallest absolute Gasteiger partial charge is 0.263 e. The number of fused-ring (bicyclic) bond motifs is 1. The first-order valence-corrected chi connectivity index (χ1v) is 7.97. The Labute approximate surface area is 133 Å². The van der Waals surface area contributed by atoms with Crippen LogP contribution in [0.4, 0.5) is 5.82 Å². The Balaban J connectivity index is 1.86. The zero-order valence-corrected chi connectivity index (χ0v) is 13.9.